The molecule has 0 saturated heterocycles. The predicted molar refractivity (Wildman–Crippen MR) is 267 cm³/mol. The summed E-state index contributed by atoms with van der Waals surface area (Å²) in [5.41, 5.74) is 5.75. The van der Waals surface area contributed by atoms with E-state index < -0.39 is 0 Å². The number of pyridine rings is 2. The van der Waals surface area contributed by atoms with Crippen molar-refractivity contribution in [1.82, 2.24) is 51.2 Å². The van der Waals surface area contributed by atoms with Crippen molar-refractivity contribution in [2.75, 3.05) is 0 Å². The second-order valence-electron chi connectivity index (χ2n) is 16.6. The highest BCUT2D eigenvalue weighted by Gasteiger charge is 2.11. The third-order valence-corrected chi connectivity index (χ3v) is 11.0. The average Bonchev–Trinajstić information content (AvgIpc) is 4.14. The molecule has 0 aliphatic carbocycles. The number of benzene rings is 6. The van der Waals surface area contributed by atoms with Crippen molar-refractivity contribution in [3.05, 3.63) is 204 Å². The fraction of sp³-hybridized carbons (Fsp3) is 0.200. The van der Waals surface area contributed by atoms with Crippen LogP contribution in [0.1, 0.15) is 54.4 Å². The lowest BCUT2D eigenvalue weighted by Gasteiger charge is -2.15. The molecule has 0 amide bonds. The van der Waals surface area contributed by atoms with E-state index >= 15 is 0 Å². The molecule has 0 aliphatic heterocycles. The van der Waals surface area contributed by atoms with Crippen LogP contribution in [0, 0.1) is 0 Å². The summed E-state index contributed by atoms with van der Waals surface area (Å²) in [7, 11) is 0. The first-order chi connectivity index (χ1) is 34.9. The highest BCUT2D eigenvalue weighted by Crippen LogP contribution is 2.24. The Balaban J connectivity index is 0.000000176. The number of H-pyrrole nitrogens is 2. The quantitative estimate of drug-likeness (QED) is 0.0692. The maximum Gasteiger partial charge on any atom is 0.178 e. The van der Waals surface area contributed by atoms with Crippen LogP contribution in [0.15, 0.2) is 170 Å². The van der Waals surface area contributed by atoms with Gasteiger partial charge < -0.3 is 28.4 Å². The van der Waals surface area contributed by atoms with E-state index in [1.807, 2.05) is 166 Å². The van der Waals surface area contributed by atoms with E-state index in [4.69, 9.17) is 28.4 Å². The number of aromatic amines is 2. The Morgan fingerprint density at radius 2 is 0.873 bits per heavy atom. The van der Waals surface area contributed by atoms with Crippen LogP contribution in [0.2, 0.25) is 0 Å². The van der Waals surface area contributed by atoms with E-state index in [1.54, 1.807) is 0 Å². The zero-order valence-corrected chi connectivity index (χ0v) is 39.3. The molecule has 16 heteroatoms. The molecule has 10 aromatic rings. The zero-order valence-electron chi connectivity index (χ0n) is 39.3. The molecule has 10 rings (SSSR count). The molecule has 0 bridgehead atoms. The van der Waals surface area contributed by atoms with Gasteiger partial charge in [-0.2, -0.15) is 10.4 Å². The van der Waals surface area contributed by atoms with Crippen LogP contribution < -0.4 is 28.4 Å². The SMILES string of the molecule is CC(CCc1nn[nH]n1)Oc1cccc(COc2ccc(OCc3ccc4ccccc4n3)cc2)c1.CC(Cc1nn[nH]n1)Oc1cccc(COc2ccc(OCc3ccc4ccccc4n3)cc2)c1. The molecule has 4 heterocycles. The lowest BCUT2D eigenvalue weighted by molar-refractivity contribution is 0.209. The minimum absolute atomic E-state index is 0.0250. The number of hydrogen-bond donors (Lipinski definition) is 2. The molecule has 16 nitrogen and oxygen atoms in total. The van der Waals surface area contributed by atoms with Gasteiger partial charge in [0.1, 0.15) is 67.0 Å². The molecular weight excluding hydrogens is 897 g/mol. The summed E-state index contributed by atoms with van der Waals surface area (Å²) in [4.78, 5) is 9.29. The Kier molecular flexibility index (Phi) is 15.9. The number of nitrogens with one attached hydrogen (secondary N) is 2. The van der Waals surface area contributed by atoms with Gasteiger partial charge in [0.25, 0.3) is 0 Å². The average molecular weight is 949 g/mol. The van der Waals surface area contributed by atoms with E-state index in [-0.39, 0.29) is 12.2 Å². The second kappa shape index (κ2) is 23.9. The number of tetrazole rings is 2. The van der Waals surface area contributed by atoms with E-state index in [2.05, 4.69) is 69.4 Å². The number of aromatic nitrogens is 10. The Morgan fingerprint density at radius 3 is 1.35 bits per heavy atom. The minimum Gasteiger partial charge on any atom is -0.491 e. The van der Waals surface area contributed by atoms with Gasteiger partial charge in [-0.1, -0.05) is 83.2 Å². The molecule has 2 unspecified atom stereocenters. The summed E-state index contributed by atoms with van der Waals surface area (Å²) >= 11 is 0. The molecule has 358 valence electrons. The summed E-state index contributed by atoms with van der Waals surface area (Å²) in [5.74, 6) is 5.95. The Morgan fingerprint density at radius 1 is 0.423 bits per heavy atom. The highest BCUT2D eigenvalue weighted by atomic mass is 16.5. The molecule has 71 heavy (non-hydrogen) atoms. The van der Waals surface area contributed by atoms with Crippen LogP contribution in [0.4, 0.5) is 0 Å². The van der Waals surface area contributed by atoms with Gasteiger partial charge in [-0.3, -0.25) is 0 Å². The van der Waals surface area contributed by atoms with Crippen molar-refractivity contribution in [2.24, 2.45) is 0 Å². The standard InChI is InChI=1S/C28H27N5O3.C27H25N5O3/c1-20(9-16-28-30-32-33-31-28)36-26-7-4-5-21(17-26)18-34-24-12-14-25(15-13-24)35-19-23-11-10-22-6-2-3-8-27(22)29-23;1-19(15-27-29-31-32-30-27)35-25-7-4-5-20(16-25)17-33-23-11-13-24(14-12-23)34-18-22-10-9-21-6-2-3-8-26(21)28-22/h2-8,10-15,17,20H,9,16,18-19H2,1H3,(H,30,31,32,33);2-14,16,19H,15,17-18H2,1H3,(H,29,30,31,32). The summed E-state index contributed by atoms with van der Waals surface area (Å²) in [6.07, 6.45) is 2.02. The fourth-order valence-electron chi connectivity index (χ4n) is 7.42. The van der Waals surface area contributed by atoms with E-state index in [9.17, 15) is 0 Å². The number of hydrogen-bond acceptors (Lipinski definition) is 14. The Hall–Kier alpha value is -8.92. The molecule has 4 aromatic heterocycles. The van der Waals surface area contributed by atoms with Gasteiger partial charge in [0, 0.05) is 23.6 Å². The first-order valence-corrected chi connectivity index (χ1v) is 23.3. The predicted octanol–water partition coefficient (Wildman–Crippen LogP) is 10.2. The molecule has 0 aliphatic rings. The number of aryl methyl sites for hydroxylation is 1. The van der Waals surface area contributed by atoms with Crippen LogP contribution in [0.25, 0.3) is 21.8 Å². The molecule has 2 atom stereocenters. The molecule has 6 aromatic carbocycles. The van der Waals surface area contributed by atoms with Crippen LogP contribution in [-0.2, 0) is 39.3 Å². The molecule has 0 saturated carbocycles. The van der Waals surface area contributed by atoms with Crippen molar-refractivity contribution < 1.29 is 28.4 Å². The minimum atomic E-state index is -0.0823. The Bertz CT molecular complexity index is 3190. The van der Waals surface area contributed by atoms with Crippen molar-refractivity contribution in [3.8, 4) is 34.5 Å². The van der Waals surface area contributed by atoms with Gasteiger partial charge >= 0.3 is 0 Å². The number of ether oxygens (including phenoxy) is 6. The molecule has 0 spiro atoms. The summed E-state index contributed by atoms with van der Waals surface area (Å²) in [6, 6.07) is 55.2. The van der Waals surface area contributed by atoms with Gasteiger partial charge in [-0.25, -0.2) is 9.97 Å². The van der Waals surface area contributed by atoms with E-state index in [0.717, 1.165) is 85.2 Å². The summed E-state index contributed by atoms with van der Waals surface area (Å²) in [6.45, 7) is 5.68. The first-order valence-electron chi connectivity index (χ1n) is 23.3. The van der Waals surface area contributed by atoms with E-state index in [1.165, 1.54) is 0 Å². The van der Waals surface area contributed by atoms with Crippen LogP contribution in [0.5, 0.6) is 34.5 Å². The van der Waals surface area contributed by atoms with Crippen molar-refractivity contribution in [2.45, 2.75) is 71.7 Å². The Labute approximate surface area is 410 Å². The van der Waals surface area contributed by atoms with Crippen LogP contribution in [-0.4, -0.2) is 63.4 Å². The number of nitrogens with zero attached hydrogens (tertiary/aromatic N) is 8. The van der Waals surface area contributed by atoms with Gasteiger partial charge in [0.05, 0.1) is 28.5 Å². The fourth-order valence-corrected chi connectivity index (χ4v) is 7.42. The van der Waals surface area contributed by atoms with Gasteiger partial charge in [0.2, 0.25) is 0 Å². The van der Waals surface area contributed by atoms with Gasteiger partial charge in [0.15, 0.2) is 11.6 Å². The smallest absolute Gasteiger partial charge is 0.178 e. The molecule has 0 fully saturated rings. The molecular formula is C55H52N10O6. The number of para-hydroxylation sites is 2. The zero-order chi connectivity index (χ0) is 48.5. The number of fused-ring (bicyclic) bond motifs is 2. The van der Waals surface area contributed by atoms with Crippen LogP contribution >= 0.6 is 0 Å². The molecule has 2 N–H and O–H groups in total. The maximum atomic E-state index is 6.04. The maximum absolute atomic E-state index is 6.04. The van der Waals surface area contributed by atoms with E-state index in [0.29, 0.717) is 50.9 Å². The lowest BCUT2D eigenvalue weighted by Crippen LogP contribution is -2.16. The van der Waals surface area contributed by atoms with Crippen molar-refractivity contribution >= 4 is 21.8 Å². The second-order valence-corrected chi connectivity index (χ2v) is 16.6. The highest BCUT2D eigenvalue weighted by molar-refractivity contribution is 5.79. The van der Waals surface area contributed by atoms with Gasteiger partial charge in [-0.15, -0.1) is 20.4 Å². The summed E-state index contributed by atoms with van der Waals surface area (Å²) in [5, 5.41) is 30.2. The number of rotatable bonds is 21. The third kappa shape index (κ3) is 14.3. The molecule has 0 radical (unpaired) electrons. The summed E-state index contributed by atoms with van der Waals surface area (Å²) < 4.78 is 35.7. The van der Waals surface area contributed by atoms with Crippen LogP contribution in [0.3, 0.4) is 0 Å². The first kappa shape index (κ1) is 47.2. The topological polar surface area (TPSA) is 190 Å². The lowest BCUT2D eigenvalue weighted by atomic mass is 10.2. The van der Waals surface area contributed by atoms with Crippen molar-refractivity contribution in [3.63, 3.8) is 0 Å². The largest absolute Gasteiger partial charge is 0.491 e. The van der Waals surface area contributed by atoms with Crippen molar-refractivity contribution in [1.29, 1.82) is 0 Å². The third-order valence-electron chi connectivity index (χ3n) is 11.0. The van der Waals surface area contributed by atoms with Gasteiger partial charge in [-0.05, 0) is 128 Å². The monoisotopic (exact) mass is 948 g/mol. The normalized spacial score (nSPS) is 11.8.